The van der Waals surface area contributed by atoms with Gasteiger partial charge in [-0.2, -0.15) is 0 Å². The molecule has 0 aromatic heterocycles. The van der Waals surface area contributed by atoms with Gasteiger partial charge in [-0.3, -0.25) is 4.72 Å². The molecule has 2 N–H and O–H groups in total. The third kappa shape index (κ3) is 5.73. The van der Waals surface area contributed by atoms with Gasteiger partial charge in [-0.15, -0.1) is 0 Å². The quantitative estimate of drug-likeness (QED) is 0.658. The summed E-state index contributed by atoms with van der Waals surface area (Å²) in [6.07, 6.45) is 0. The Labute approximate surface area is 152 Å². The molecule has 0 aliphatic rings. The molecule has 0 bridgehead atoms. The Morgan fingerprint density at radius 1 is 1.04 bits per heavy atom. The molecule has 0 spiro atoms. The van der Waals surface area contributed by atoms with E-state index in [1.807, 2.05) is 36.4 Å². The second kappa shape index (κ2) is 8.45. The predicted octanol–water partition coefficient (Wildman–Crippen LogP) is 5.52. The first-order valence-electron chi connectivity index (χ1n) is 7.45. The molecule has 5 heteroatoms. The van der Waals surface area contributed by atoms with E-state index in [0.29, 0.717) is 6.54 Å². The number of hydrogen-bond donors (Lipinski definition) is 2. The molecule has 0 saturated heterocycles. The number of hydrogen-bond acceptors (Lipinski definition) is 4. The van der Waals surface area contributed by atoms with Gasteiger partial charge in [0.1, 0.15) is 0 Å². The van der Waals surface area contributed by atoms with Crippen molar-refractivity contribution in [1.82, 2.24) is 4.72 Å². The van der Waals surface area contributed by atoms with E-state index in [9.17, 15) is 5.11 Å². The summed E-state index contributed by atoms with van der Waals surface area (Å²) in [5.74, 6) is 0. The summed E-state index contributed by atoms with van der Waals surface area (Å²) >= 11 is 9.75. The summed E-state index contributed by atoms with van der Waals surface area (Å²) in [4.78, 5) is 2.17. The van der Waals surface area contributed by atoms with Crippen LogP contribution in [0.4, 0.5) is 0 Å². The minimum absolute atomic E-state index is 0.0389. The van der Waals surface area contributed by atoms with Crippen molar-refractivity contribution >= 4 is 35.3 Å². The molecule has 124 valence electrons. The Morgan fingerprint density at radius 2 is 1.74 bits per heavy atom. The highest BCUT2D eigenvalue weighted by molar-refractivity contribution is 7.99. The Bertz CT molecular complexity index is 656. The number of rotatable bonds is 6. The Hall–Kier alpha value is -0.650. The fraction of sp³-hybridized carbons (Fsp3) is 0.333. The van der Waals surface area contributed by atoms with Gasteiger partial charge in [-0.25, -0.2) is 0 Å². The summed E-state index contributed by atoms with van der Waals surface area (Å²) in [5.41, 5.74) is 2.02. The van der Waals surface area contributed by atoms with E-state index >= 15 is 0 Å². The van der Waals surface area contributed by atoms with Crippen LogP contribution in [0.1, 0.15) is 31.9 Å². The van der Waals surface area contributed by atoms with Crippen molar-refractivity contribution in [1.29, 1.82) is 0 Å². The van der Waals surface area contributed by atoms with Crippen molar-refractivity contribution < 1.29 is 5.11 Å². The van der Waals surface area contributed by atoms with Crippen LogP contribution in [-0.4, -0.2) is 9.85 Å². The van der Waals surface area contributed by atoms with Gasteiger partial charge in [-0.05, 0) is 50.1 Å². The van der Waals surface area contributed by atoms with E-state index < -0.39 is 0 Å². The second-order valence-electron chi connectivity index (χ2n) is 6.12. The van der Waals surface area contributed by atoms with E-state index in [4.69, 9.17) is 11.6 Å². The molecule has 2 aromatic carbocycles. The molecule has 0 aliphatic heterocycles. The zero-order chi connectivity index (χ0) is 16.9. The summed E-state index contributed by atoms with van der Waals surface area (Å²) in [7, 11) is 0. The van der Waals surface area contributed by atoms with Gasteiger partial charge in [0.25, 0.3) is 0 Å². The molecule has 0 heterocycles. The Kier molecular flexibility index (Phi) is 6.86. The van der Waals surface area contributed by atoms with Crippen LogP contribution in [-0.2, 0) is 13.2 Å². The standard InChI is InChI=1S/C18H22ClNOS2/c1-18(2,3)23-20-11-14-15(19)8-6-10-17(14)22-16-9-5-4-7-13(16)12-21/h4-10,20-21H,11-12H2,1-3H3. The van der Waals surface area contributed by atoms with Crippen LogP contribution in [0.5, 0.6) is 0 Å². The SMILES string of the molecule is CC(C)(C)SNCc1c(Cl)cccc1Sc1ccccc1CO. The fourth-order valence-corrected chi connectivity index (χ4v) is 4.03. The highest BCUT2D eigenvalue weighted by Gasteiger charge is 2.13. The van der Waals surface area contributed by atoms with Gasteiger partial charge >= 0.3 is 0 Å². The van der Waals surface area contributed by atoms with Crippen LogP contribution >= 0.6 is 35.3 Å². The smallest absolute Gasteiger partial charge is 0.0692 e. The molecule has 23 heavy (non-hydrogen) atoms. The van der Waals surface area contributed by atoms with Gasteiger partial charge in [0.2, 0.25) is 0 Å². The first kappa shape index (κ1) is 18.7. The van der Waals surface area contributed by atoms with Crippen LogP contribution < -0.4 is 4.72 Å². The van der Waals surface area contributed by atoms with Crippen LogP contribution in [0.3, 0.4) is 0 Å². The molecule has 2 rings (SSSR count). The molecule has 0 fully saturated rings. The third-order valence-electron chi connectivity index (χ3n) is 3.07. The van der Waals surface area contributed by atoms with Crippen molar-refractivity contribution in [3.05, 3.63) is 58.6 Å². The van der Waals surface area contributed by atoms with Crippen molar-refractivity contribution in [2.45, 2.75) is 48.5 Å². The summed E-state index contributed by atoms with van der Waals surface area (Å²) in [6, 6.07) is 13.9. The minimum Gasteiger partial charge on any atom is -0.392 e. The van der Waals surface area contributed by atoms with Gasteiger partial charge in [0, 0.05) is 26.1 Å². The molecule has 2 nitrogen and oxygen atoms in total. The maximum atomic E-state index is 9.50. The number of halogens is 1. The molecule has 0 atom stereocenters. The lowest BCUT2D eigenvalue weighted by Crippen LogP contribution is -2.17. The average molecular weight is 368 g/mol. The van der Waals surface area contributed by atoms with Crippen LogP contribution in [0.15, 0.2) is 52.3 Å². The van der Waals surface area contributed by atoms with Gasteiger partial charge in [0.15, 0.2) is 0 Å². The summed E-state index contributed by atoms with van der Waals surface area (Å²) in [5, 5.41) is 10.3. The van der Waals surface area contributed by atoms with Gasteiger partial charge < -0.3 is 5.11 Å². The van der Waals surface area contributed by atoms with Crippen LogP contribution in [0.25, 0.3) is 0 Å². The van der Waals surface area contributed by atoms with E-state index in [2.05, 4.69) is 31.6 Å². The normalized spacial score (nSPS) is 11.7. The molecule has 0 radical (unpaired) electrons. The first-order chi connectivity index (χ1) is 10.9. The molecular weight excluding hydrogens is 346 g/mol. The average Bonchev–Trinajstić information content (AvgIpc) is 2.49. The number of nitrogens with one attached hydrogen (secondary N) is 1. The Morgan fingerprint density at radius 3 is 2.43 bits per heavy atom. The topological polar surface area (TPSA) is 32.3 Å². The zero-order valence-corrected chi connectivity index (χ0v) is 16.0. The van der Waals surface area contributed by atoms with Crippen molar-refractivity contribution in [2.75, 3.05) is 0 Å². The molecule has 0 amide bonds. The number of aliphatic hydroxyl groups excluding tert-OH is 1. The van der Waals surface area contributed by atoms with E-state index in [0.717, 1.165) is 25.9 Å². The van der Waals surface area contributed by atoms with Crippen LogP contribution in [0, 0.1) is 0 Å². The van der Waals surface area contributed by atoms with Crippen molar-refractivity contribution in [2.24, 2.45) is 0 Å². The number of benzene rings is 2. The lowest BCUT2D eigenvalue weighted by molar-refractivity contribution is 0.279. The van der Waals surface area contributed by atoms with E-state index in [1.165, 1.54) is 0 Å². The molecule has 0 aliphatic carbocycles. The monoisotopic (exact) mass is 367 g/mol. The van der Waals surface area contributed by atoms with Gasteiger partial charge in [0.05, 0.1) is 6.61 Å². The summed E-state index contributed by atoms with van der Waals surface area (Å²) < 4.78 is 3.56. The number of aliphatic hydroxyl groups is 1. The maximum absolute atomic E-state index is 9.50. The lowest BCUT2D eigenvalue weighted by Gasteiger charge is -2.19. The van der Waals surface area contributed by atoms with Crippen LogP contribution in [0.2, 0.25) is 5.02 Å². The fourth-order valence-electron chi connectivity index (χ4n) is 1.98. The summed E-state index contributed by atoms with van der Waals surface area (Å²) in [6.45, 7) is 7.25. The first-order valence-corrected chi connectivity index (χ1v) is 9.46. The van der Waals surface area contributed by atoms with E-state index in [1.54, 1.807) is 23.7 Å². The highest BCUT2D eigenvalue weighted by atomic mass is 35.5. The molecule has 0 saturated carbocycles. The minimum atomic E-state index is 0.0389. The zero-order valence-electron chi connectivity index (χ0n) is 13.6. The Balaban J connectivity index is 2.20. The highest BCUT2D eigenvalue weighted by Crippen LogP contribution is 2.36. The van der Waals surface area contributed by atoms with Crippen molar-refractivity contribution in [3.8, 4) is 0 Å². The maximum Gasteiger partial charge on any atom is 0.0692 e. The predicted molar refractivity (Wildman–Crippen MR) is 102 cm³/mol. The third-order valence-corrected chi connectivity index (χ3v) is 5.54. The second-order valence-corrected chi connectivity index (χ2v) is 9.33. The molecular formula is C18H22ClNOS2. The van der Waals surface area contributed by atoms with Gasteiger partial charge in [-0.1, -0.05) is 59.6 Å². The van der Waals surface area contributed by atoms with Crippen molar-refractivity contribution in [3.63, 3.8) is 0 Å². The largest absolute Gasteiger partial charge is 0.392 e. The lowest BCUT2D eigenvalue weighted by atomic mass is 10.2. The molecule has 0 unspecified atom stereocenters. The van der Waals surface area contributed by atoms with E-state index in [-0.39, 0.29) is 11.4 Å². The molecule has 2 aromatic rings.